The zero-order chi connectivity index (χ0) is 18.1. The number of phenolic OH excluding ortho intramolecular Hbond substituents is 1. The summed E-state index contributed by atoms with van der Waals surface area (Å²) in [5, 5.41) is 30.9. The largest absolute Gasteiger partial charge is 0.508 e. The molecule has 2 aromatic rings. The van der Waals surface area contributed by atoms with Gasteiger partial charge in [0.25, 0.3) is 0 Å². The van der Waals surface area contributed by atoms with Crippen LogP contribution in [0.15, 0.2) is 54.6 Å². The van der Waals surface area contributed by atoms with E-state index in [9.17, 15) is 15.3 Å². The Morgan fingerprint density at radius 1 is 0.962 bits per heavy atom. The molecule has 0 bridgehead atoms. The maximum Gasteiger partial charge on any atom is 0.115 e. The summed E-state index contributed by atoms with van der Waals surface area (Å²) < 4.78 is 0. The predicted molar refractivity (Wildman–Crippen MR) is 101 cm³/mol. The van der Waals surface area contributed by atoms with Gasteiger partial charge in [0.2, 0.25) is 0 Å². The molecule has 1 heterocycles. The van der Waals surface area contributed by atoms with Crippen molar-refractivity contribution in [3.8, 4) is 5.75 Å². The summed E-state index contributed by atoms with van der Waals surface area (Å²) >= 11 is 0. The number of aliphatic hydroxyl groups is 2. The summed E-state index contributed by atoms with van der Waals surface area (Å²) in [5.74, 6) is 1.24. The Bertz CT molecular complexity index is 717. The molecule has 1 saturated carbocycles. The summed E-state index contributed by atoms with van der Waals surface area (Å²) in [4.78, 5) is 2.31. The van der Waals surface area contributed by atoms with E-state index < -0.39 is 11.7 Å². The minimum absolute atomic E-state index is 0.217. The maximum absolute atomic E-state index is 11.0. The van der Waals surface area contributed by atoms with Crippen LogP contribution in [0.5, 0.6) is 5.75 Å². The van der Waals surface area contributed by atoms with E-state index in [0.717, 1.165) is 37.9 Å². The van der Waals surface area contributed by atoms with E-state index >= 15 is 0 Å². The standard InChI is InChI=1S/C22H27NO3/c24-20-8-6-17(7-9-20)21(25)15-23-13-18-11-22(26,12-19(18)14-23)10-16-4-2-1-3-5-16/h1-9,18-19,21,24-26H,10-15H2/t18-,19+,21-,22-/m0/s1. The molecule has 4 atom stereocenters. The average Bonchev–Trinajstić information content (AvgIpc) is 3.10. The summed E-state index contributed by atoms with van der Waals surface area (Å²) in [6, 6.07) is 17.0. The summed E-state index contributed by atoms with van der Waals surface area (Å²) in [6.45, 7) is 2.49. The number of fused-ring (bicyclic) bond motifs is 1. The van der Waals surface area contributed by atoms with Crippen molar-refractivity contribution in [1.82, 2.24) is 4.90 Å². The number of likely N-dealkylation sites (tertiary alicyclic amines) is 1. The van der Waals surface area contributed by atoms with Crippen LogP contribution in [0.1, 0.15) is 30.1 Å². The fourth-order valence-corrected chi connectivity index (χ4v) is 4.87. The van der Waals surface area contributed by atoms with Crippen molar-refractivity contribution in [3.63, 3.8) is 0 Å². The van der Waals surface area contributed by atoms with E-state index in [1.165, 1.54) is 5.56 Å². The Hall–Kier alpha value is -1.88. The predicted octanol–water partition coefficient (Wildman–Crippen LogP) is 2.74. The molecule has 0 unspecified atom stereocenters. The number of hydrogen-bond donors (Lipinski definition) is 3. The molecule has 0 radical (unpaired) electrons. The molecule has 1 aliphatic heterocycles. The van der Waals surface area contributed by atoms with Gasteiger partial charge in [-0.2, -0.15) is 0 Å². The Morgan fingerprint density at radius 3 is 2.19 bits per heavy atom. The second-order valence-electron chi connectivity index (χ2n) is 8.14. The SMILES string of the molecule is Oc1ccc([C@@H](O)CN2C[C@@H]3C[C@@](O)(Cc4ccccc4)C[C@@H]3C2)cc1. The van der Waals surface area contributed by atoms with Gasteiger partial charge in [0, 0.05) is 26.1 Å². The lowest BCUT2D eigenvalue weighted by molar-refractivity contribution is 0.0328. The van der Waals surface area contributed by atoms with E-state index in [2.05, 4.69) is 17.0 Å². The van der Waals surface area contributed by atoms with Crippen LogP contribution in [0.2, 0.25) is 0 Å². The molecule has 4 heteroatoms. The Morgan fingerprint density at radius 2 is 1.58 bits per heavy atom. The minimum atomic E-state index is -0.585. The summed E-state index contributed by atoms with van der Waals surface area (Å²) in [7, 11) is 0. The third-order valence-corrected chi connectivity index (χ3v) is 6.02. The Balaban J connectivity index is 1.32. The second kappa shape index (κ2) is 7.03. The molecule has 1 saturated heterocycles. The van der Waals surface area contributed by atoms with Crippen molar-refractivity contribution < 1.29 is 15.3 Å². The highest BCUT2D eigenvalue weighted by Gasteiger charge is 2.48. The monoisotopic (exact) mass is 353 g/mol. The second-order valence-corrected chi connectivity index (χ2v) is 8.14. The smallest absolute Gasteiger partial charge is 0.115 e. The van der Waals surface area contributed by atoms with Gasteiger partial charge in [0.1, 0.15) is 5.75 Å². The lowest BCUT2D eigenvalue weighted by Crippen LogP contribution is -2.33. The van der Waals surface area contributed by atoms with Crippen molar-refractivity contribution in [3.05, 3.63) is 65.7 Å². The molecule has 0 amide bonds. The first-order valence-electron chi connectivity index (χ1n) is 9.46. The number of β-amino-alcohol motifs (C(OH)–C–C–N with tert-alkyl or cyclic N) is 1. The van der Waals surface area contributed by atoms with E-state index in [4.69, 9.17) is 0 Å². The molecule has 0 aromatic heterocycles. The van der Waals surface area contributed by atoms with Crippen LogP contribution in [0.4, 0.5) is 0 Å². The first kappa shape index (κ1) is 17.5. The number of hydrogen-bond acceptors (Lipinski definition) is 4. The van der Waals surface area contributed by atoms with Crippen LogP contribution >= 0.6 is 0 Å². The highest BCUT2D eigenvalue weighted by Crippen LogP contribution is 2.45. The van der Waals surface area contributed by atoms with Crippen molar-refractivity contribution in [2.24, 2.45) is 11.8 Å². The maximum atomic E-state index is 11.0. The lowest BCUT2D eigenvalue weighted by Gasteiger charge is -2.27. The molecule has 2 aliphatic rings. The Labute approximate surface area is 154 Å². The van der Waals surface area contributed by atoms with Crippen molar-refractivity contribution in [2.75, 3.05) is 19.6 Å². The van der Waals surface area contributed by atoms with Gasteiger partial charge in [0.15, 0.2) is 0 Å². The third-order valence-electron chi connectivity index (χ3n) is 6.02. The van der Waals surface area contributed by atoms with Gasteiger partial charge in [-0.15, -0.1) is 0 Å². The first-order valence-corrected chi connectivity index (χ1v) is 9.46. The van der Waals surface area contributed by atoms with Crippen molar-refractivity contribution >= 4 is 0 Å². The lowest BCUT2D eigenvalue weighted by atomic mass is 9.91. The quantitative estimate of drug-likeness (QED) is 0.773. The molecule has 4 rings (SSSR count). The molecule has 26 heavy (non-hydrogen) atoms. The number of aromatic hydroxyl groups is 1. The minimum Gasteiger partial charge on any atom is -0.508 e. The van der Waals surface area contributed by atoms with Crippen LogP contribution in [0.3, 0.4) is 0 Å². The highest BCUT2D eigenvalue weighted by atomic mass is 16.3. The highest BCUT2D eigenvalue weighted by molar-refractivity contribution is 5.27. The first-order chi connectivity index (χ1) is 12.5. The topological polar surface area (TPSA) is 63.9 Å². The molecule has 3 N–H and O–H groups in total. The Kier molecular flexibility index (Phi) is 4.74. The fourth-order valence-electron chi connectivity index (χ4n) is 4.87. The molecule has 4 nitrogen and oxygen atoms in total. The van der Waals surface area contributed by atoms with Crippen LogP contribution in [-0.4, -0.2) is 45.5 Å². The van der Waals surface area contributed by atoms with Gasteiger partial charge in [-0.1, -0.05) is 42.5 Å². The number of benzene rings is 2. The number of rotatable bonds is 5. The van der Waals surface area contributed by atoms with Gasteiger partial charge >= 0.3 is 0 Å². The number of aliphatic hydroxyl groups excluding tert-OH is 1. The van der Waals surface area contributed by atoms with E-state index in [-0.39, 0.29) is 5.75 Å². The summed E-state index contributed by atoms with van der Waals surface area (Å²) in [6.07, 6.45) is 1.88. The molecule has 1 aliphatic carbocycles. The van der Waals surface area contributed by atoms with Gasteiger partial charge in [-0.3, -0.25) is 4.90 Å². The fraction of sp³-hybridized carbons (Fsp3) is 0.455. The zero-order valence-electron chi connectivity index (χ0n) is 15.0. The average molecular weight is 353 g/mol. The van der Waals surface area contributed by atoms with Crippen molar-refractivity contribution in [1.29, 1.82) is 0 Å². The molecule has 0 spiro atoms. The van der Waals surface area contributed by atoms with Gasteiger partial charge < -0.3 is 15.3 Å². The van der Waals surface area contributed by atoms with Crippen LogP contribution in [0.25, 0.3) is 0 Å². The normalized spacial score (nSPS) is 29.6. The van der Waals surface area contributed by atoms with Crippen LogP contribution in [-0.2, 0) is 6.42 Å². The zero-order valence-corrected chi connectivity index (χ0v) is 15.0. The van der Waals surface area contributed by atoms with E-state index in [1.807, 2.05) is 18.2 Å². The summed E-state index contributed by atoms with van der Waals surface area (Å²) in [5.41, 5.74) is 1.45. The molecule has 2 fully saturated rings. The van der Waals surface area contributed by atoms with E-state index in [0.29, 0.717) is 18.4 Å². The third kappa shape index (κ3) is 3.78. The van der Waals surface area contributed by atoms with Crippen LogP contribution in [0, 0.1) is 11.8 Å². The molecular weight excluding hydrogens is 326 g/mol. The molecule has 2 aromatic carbocycles. The van der Waals surface area contributed by atoms with Crippen LogP contribution < -0.4 is 0 Å². The van der Waals surface area contributed by atoms with Crippen molar-refractivity contribution in [2.45, 2.75) is 31.0 Å². The van der Waals surface area contributed by atoms with Gasteiger partial charge in [0.05, 0.1) is 11.7 Å². The number of nitrogens with zero attached hydrogens (tertiary/aromatic N) is 1. The van der Waals surface area contributed by atoms with Gasteiger partial charge in [-0.25, -0.2) is 0 Å². The number of phenols is 1. The van der Waals surface area contributed by atoms with E-state index in [1.54, 1.807) is 24.3 Å². The molecular formula is C22H27NO3. The van der Waals surface area contributed by atoms with Gasteiger partial charge in [-0.05, 0) is 47.9 Å². The molecule has 138 valence electrons.